The molecule has 1 N–H and O–H groups in total. The normalized spacial score (nSPS) is 18.1. The Kier molecular flexibility index (Phi) is 3.41. The quantitative estimate of drug-likeness (QED) is 0.919. The van der Waals surface area contributed by atoms with Crippen molar-refractivity contribution in [3.63, 3.8) is 0 Å². The van der Waals surface area contributed by atoms with E-state index < -0.39 is 0 Å². The van der Waals surface area contributed by atoms with Gasteiger partial charge in [-0.05, 0) is 5.56 Å². The first-order chi connectivity index (χ1) is 9.72. The van der Waals surface area contributed by atoms with Gasteiger partial charge in [0.15, 0.2) is 0 Å². The van der Waals surface area contributed by atoms with Crippen molar-refractivity contribution in [1.82, 2.24) is 15.1 Å². The Morgan fingerprint density at radius 1 is 1.40 bits per heavy atom. The Bertz CT molecular complexity index is 607. The summed E-state index contributed by atoms with van der Waals surface area (Å²) in [6, 6.07) is 9.98. The van der Waals surface area contributed by atoms with E-state index in [4.69, 9.17) is 4.74 Å². The third kappa shape index (κ3) is 2.66. The van der Waals surface area contributed by atoms with Gasteiger partial charge in [-0.3, -0.25) is 9.48 Å². The molecule has 1 aliphatic heterocycles. The molecule has 0 spiro atoms. The molecule has 20 heavy (non-hydrogen) atoms. The summed E-state index contributed by atoms with van der Waals surface area (Å²) in [6.07, 6.45) is 2.44. The van der Waals surface area contributed by atoms with Gasteiger partial charge in [-0.15, -0.1) is 5.10 Å². The van der Waals surface area contributed by atoms with E-state index >= 15 is 0 Å². The molecule has 1 aliphatic rings. The number of benzene rings is 1. The first-order valence-corrected chi connectivity index (χ1v) is 6.69. The molecule has 0 bridgehead atoms. The van der Waals surface area contributed by atoms with Crippen molar-refractivity contribution < 1.29 is 9.53 Å². The van der Waals surface area contributed by atoms with Crippen molar-refractivity contribution in [2.24, 2.45) is 7.05 Å². The van der Waals surface area contributed by atoms with Crippen molar-refractivity contribution >= 4 is 5.91 Å². The second-order valence-corrected chi connectivity index (χ2v) is 5.04. The lowest BCUT2D eigenvalue weighted by Gasteiger charge is -2.09. The Morgan fingerprint density at radius 2 is 2.20 bits per heavy atom. The van der Waals surface area contributed by atoms with E-state index in [2.05, 4.69) is 10.4 Å². The highest BCUT2D eigenvalue weighted by molar-refractivity contribution is 5.79. The first kappa shape index (κ1) is 12.7. The molecule has 0 radical (unpaired) electrons. The van der Waals surface area contributed by atoms with Crippen LogP contribution in [0, 0.1) is 0 Å². The number of carbonyl (C=O) groups excluding carboxylic acids is 1. The van der Waals surface area contributed by atoms with Crippen LogP contribution in [0.5, 0.6) is 5.88 Å². The Morgan fingerprint density at radius 3 is 2.90 bits per heavy atom. The summed E-state index contributed by atoms with van der Waals surface area (Å²) in [7, 11) is 1.86. The van der Waals surface area contributed by atoms with Crippen LogP contribution in [-0.2, 0) is 18.4 Å². The van der Waals surface area contributed by atoms with E-state index in [9.17, 15) is 4.79 Å². The molecule has 0 saturated carbocycles. The van der Waals surface area contributed by atoms with Crippen LogP contribution in [0.3, 0.4) is 0 Å². The number of aromatic nitrogens is 2. The highest BCUT2D eigenvalue weighted by atomic mass is 16.5. The largest absolute Gasteiger partial charge is 0.472 e. The van der Waals surface area contributed by atoms with E-state index in [1.807, 2.05) is 43.6 Å². The summed E-state index contributed by atoms with van der Waals surface area (Å²) in [6.45, 7) is 1.14. The predicted molar refractivity (Wildman–Crippen MR) is 74.3 cm³/mol. The van der Waals surface area contributed by atoms with Gasteiger partial charge in [-0.25, -0.2) is 0 Å². The lowest BCUT2D eigenvalue weighted by molar-refractivity contribution is -0.119. The maximum atomic E-state index is 11.3. The number of hydrogen-bond donors (Lipinski definition) is 1. The number of hydrogen-bond acceptors (Lipinski definition) is 3. The Labute approximate surface area is 117 Å². The summed E-state index contributed by atoms with van der Waals surface area (Å²) in [5, 5.41) is 7.20. The molecule has 1 fully saturated rings. The molecule has 1 atom stereocenters. The SMILES string of the molecule is Cn1cc(C2CNC(=O)C2)c(OCc2ccccc2)n1. The van der Waals surface area contributed by atoms with Gasteiger partial charge >= 0.3 is 0 Å². The minimum Gasteiger partial charge on any atom is -0.472 e. The van der Waals surface area contributed by atoms with Crippen LogP contribution in [0.4, 0.5) is 0 Å². The van der Waals surface area contributed by atoms with Crippen molar-refractivity contribution in [1.29, 1.82) is 0 Å². The summed E-state index contributed by atoms with van der Waals surface area (Å²) in [5.41, 5.74) is 2.10. The van der Waals surface area contributed by atoms with Crippen molar-refractivity contribution in [3.8, 4) is 5.88 Å². The second-order valence-electron chi connectivity index (χ2n) is 5.04. The van der Waals surface area contributed by atoms with E-state index in [1.54, 1.807) is 4.68 Å². The summed E-state index contributed by atoms with van der Waals surface area (Å²) in [5.74, 6) is 0.868. The fraction of sp³-hybridized carbons (Fsp3) is 0.333. The van der Waals surface area contributed by atoms with Crippen LogP contribution in [0.15, 0.2) is 36.5 Å². The summed E-state index contributed by atoms with van der Waals surface area (Å²) >= 11 is 0. The minimum atomic E-state index is 0.0906. The zero-order chi connectivity index (χ0) is 13.9. The highest BCUT2D eigenvalue weighted by Crippen LogP contribution is 2.30. The molecular weight excluding hydrogens is 254 g/mol. The number of amides is 1. The number of nitrogens with one attached hydrogen (secondary N) is 1. The number of carbonyl (C=O) groups is 1. The lowest BCUT2D eigenvalue weighted by atomic mass is 10.0. The minimum absolute atomic E-state index is 0.0906. The topological polar surface area (TPSA) is 56.2 Å². The van der Waals surface area contributed by atoms with Gasteiger partial charge in [0.25, 0.3) is 0 Å². The van der Waals surface area contributed by atoms with Crippen molar-refractivity contribution in [3.05, 3.63) is 47.7 Å². The van der Waals surface area contributed by atoms with E-state index in [0.29, 0.717) is 25.5 Å². The third-order valence-corrected chi connectivity index (χ3v) is 3.46. The molecule has 2 aromatic rings. The second kappa shape index (κ2) is 5.36. The van der Waals surface area contributed by atoms with Crippen molar-refractivity contribution in [2.75, 3.05) is 6.54 Å². The molecule has 0 aliphatic carbocycles. The van der Waals surface area contributed by atoms with Crippen LogP contribution in [0.25, 0.3) is 0 Å². The number of rotatable bonds is 4. The standard InChI is InChI=1S/C15H17N3O2/c1-18-9-13(12-7-14(19)16-8-12)15(17-18)20-10-11-5-3-2-4-6-11/h2-6,9,12H,7-8,10H2,1H3,(H,16,19). The van der Waals surface area contributed by atoms with Gasteiger partial charge < -0.3 is 10.1 Å². The molecule has 1 amide bonds. The molecule has 104 valence electrons. The Balaban J connectivity index is 1.74. The van der Waals surface area contributed by atoms with Crippen LogP contribution in [0.1, 0.15) is 23.5 Å². The van der Waals surface area contributed by atoms with Gasteiger partial charge in [0.1, 0.15) is 6.61 Å². The van der Waals surface area contributed by atoms with Gasteiger partial charge in [0.05, 0.1) is 0 Å². The first-order valence-electron chi connectivity index (χ1n) is 6.69. The fourth-order valence-corrected chi connectivity index (χ4v) is 2.43. The number of aryl methyl sites for hydroxylation is 1. The molecule has 5 nitrogen and oxygen atoms in total. The highest BCUT2D eigenvalue weighted by Gasteiger charge is 2.27. The smallest absolute Gasteiger partial charge is 0.236 e. The summed E-state index contributed by atoms with van der Waals surface area (Å²) in [4.78, 5) is 11.3. The zero-order valence-electron chi connectivity index (χ0n) is 11.4. The summed E-state index contributed by atoms with van der Waals surface area (Å²) < 4.78 is 7.56. The molecule has 5 heteroatoms. The van der Waals surface area contributed by atoms with Gasteiger partial charge in [0, 0.05) is 37.7 Å². The van der Waals surface area contributed by atoms with Crippen molar-refractivity contribution in [2.45, 2.75) is 18.9 Å². The van der Waals surface area contributed by atoms with E-state index in [1.165, 1.54) is 0 Å². The van der Waals surface area contributed by atoms with Crippen LogP contribution < -0.4 is 10.1 Å². The third-order valence-electron chi connectivity index (χ3n) is 3.46. The maximum absolute atomic E-state index is 11.3. The molecule has 3 rings (SSSR count). The molecule has 1 aromatic carbocycles. The van der Waals surface area contributed by atoms with Crippen LogP contribution in [-0.4, -0.2) is 22.2 Å². The van der Waals surface area contributed by atoms with E-state index in [0.717, 1.165) is 11.1 Å². The molecule has 1 aromatic heterocycles. The zero-order valence-corrected chi connectivity index (χ0v) is 11.4. The van der Waals surface area contributed by atoms with Crippen LogP contribution >= 0.6 is 0 Å². The monoisotopic (exact) mass is 271 g/mol. The lowest BCUT2D eigenvalue weighted by Crippen LogP contribution is -2.13. The maximum Gasteiger partial charge on any atom is 0.236 e. The van der Waals surface area contributed by atoms with Gasteiger partial charge in [-0.2, -0.15) is 0 Å². The molecule has 1 saturated heterocycles. The molecule has 2 heterocycles. The number of nitrogens with zero attached hydrogens (tertiary/aromatic N) is 2. The van der Waals surface area contributed by atoms with E-state index in [-0.39, 0.29) is 11.8 Å². The fourth-order valence-electron chi connectivity index (χ4n) is 2.43. The Hall–Kier alpha value is -2.30. The van der Waals surface area contributed by atoms with Gasteiger partial charge in [-0.1, -0.05) is 30.3 Å². The average Bonchev–Trinajstić information content (AvgIpc) is 3.03. The van der Waals surface area contributed by atoms with Gasteiger partial charge in [0.2, 0.25) is 11.8 Å². The number of ether oxygens (including phenoxy) is 1. The average molecular weight is 271 g/mol. The molecular formula is C15H17N3O2. The predicted octanol–water partition coefficient (Wildman–Crippen LogP) is 1.60. The molecule has 1 unspecified atom stereocenters. The van der Waals surface area contributed by atoms with Crippen LogP contribution in [0.2, 0.25) is 0 Å².